The highest BCUT2D eigenvalue weighted by Gasteiger charge is 2.11. The van der Waals surface area contributed by atoms with E-state index in [1.807, 2.05) is 43.3 Å². The Morgan fingerprint density at radius 1 is 1.18 bits per heavy atom. The number of aliphatic imine (C=N–C) groups is 1. The van der Waals surface area contributed by atoms with Crippen LogP contribution < -0.4 is 16.0 Å². The van der Waals surface area contributed by atoms with Crippen LogP contribution >= 0.6 is 24.0 Å². The van der Waals surface area contributed by atoms with E-state index in [1.54, 1.807) is 19.3 Å². The highest BCUT2D eigenvalue weighted by molar-refractivity contribution is 14.0. The lowest BCUT2D eigenvalue weighted by molar-refractivity contribution is -0.116. The average Bonchev–Trinajstić information content (AvgIpc) is 2.69. The fraction of sp³-hybridized carbons (Fsp3) is 0.350. The van der Waals surface area contributed by atoms with Crippen LogP contribution in [-0.2, 0) is 4.79 Å². The zero-order valence-corrected chi connectivity index (χ0v) is 18.5. The van der Waals surface area contributed by atoms with Gasteiger partial charge in [0.2, 0.25) is 5.91 Å². The first kappa shape index (κ1) is 23.8. The molecule has 0 bridgehead atoms. The lowest BCUT2D eigenvalue weighted by Gasteiger charge is -2.18. The molecule has 0 aliphatic carbocycles. The van der Waals surface area contributed by atoms with Crippen LogP contribution in [0, 0.1) is 6.92 Å². The van der Waals surface area contributed by atoms with E-state index in [1.165, 1.54) is 0 Å². The van der Waals surface area contributed by atoms with Gasteiger partial charge >= 0.3 is 0 Å². The first-order chi connectivity index (χ1) is 13.1. The summed E-state index contributed by atoms with van der Waals surface area (Å²) >= 11 is 0. The van der Waals surface area contributed by atoms with Crippen LogP contribution in [0.15, 0.2) is 53.7 Å². The van der Waals surface area contributed by atoms with Crippen LogP contribution in [0.4, 0.5) is 5.82 Å². The molecule has 0 radical (unpaired) electrons. The zero-order valence-electron chi connectivity index (χ0n) is 16.2. The molecular weight excluding hydrogens is 469 g/mol. The molecule has 152 valence electrons. The van der Waals surface area contributed by atoms with E-state index in [0.29, 0.717) is 31.3 Å². The molecule has 1 heterocycles. The maximum Gasteiger partial charge on any atom is 0.227 e. The van der Waals surface area contributed by atoms with Crippen LogP contribution in [0.2, 0.25) is 0 Å². The molecule has 7 nitrogen and oxygen atoms in total. The number of hydrogen-bond donors (Lipinski definition) is 4. The van der Waals surface area contributed by atoms with Crippen molar-refractivity contribution >= 4 is 41.7 Å². The number of amides is 1. The molecule has 1 aromatic heterocycles. The second-order valence-corrected chi connectivity index (χ2v) is 6.19. The molecule has 0 fully saturated rings. The number of carbonyl (C=O) groups excluding carboxylic acids is 1. The Morgan fingerprint density at radius 2 is 1.93 bits per heavy atom. The molecule has 0 saturated heterocycles. The summed E-state index contributed by atoms with van der Waals surface area (Å²) in [4.78, 5) is 20.3. The maximum absolute atomic E-state index is 12.0. The fourth-order valence-electron chi connectivity index (χ4n) is 2.50. The monoisotopic (exact) mass is 497 g/mol. The van der Waals surface area contributed by atoms with Gasteiger partial charge in [0.15, 0.2) is 5.96 Å². The molecule has 0 aliphatic rings. The predicted molar refractivity (Wildman–Crippen MR) is 123 cm³/mol. The number of aliphatic hydroxyl groups excluding tert-OH is 1. The van der Waals surface area contributed by atoms with E-state index in [2.05, 4.69) is 25.9 Å². The zero-order chi connectivity index (χ0) is 19.5. The Balaban J connectivity index is 0.00000392. The Hall–Kier alpha value is -2.20. The minimum Gasteiger partial charge on any atom is -0.396 e. The van der Waals surface area contributed by atoms with Gasteiger partial charge in [0.25, 0.3) is 0 Å². The highest BCUT2D eigenvalue weighted by Crippen LogP contribution is 2.13. The van der Waals surface area contributed by atoms with Crippen LogP contribution in [-0.4, -0.2) is 48.7 Å². The number of pyridine rings is 1. The smallest absolute Gasteiger partial charge is 0.227 e. The Labute approximate surface area is 183 Å². The van der Waals surface area contributed by atoms with Gasteiger partial charge in [-0.1, -0.05) is 36.4 Å². The number of halogens is 1. The SMILES string of the molecule is CN=C(NCCC(=O)Nc1ccc(C)cn1)NCC(CO)c1ccccc1.I. The van der Waals surface area contributed by atoms with Crippen molar-refractivity contribution in [3.05, 3.63) is 59.8 Å². The standard InChI is InChI=1S/C20H27N5O2.HI/c1-15-8-9-18(23-12-15)25-19(27)10-11-22-20(21-2)24-13-17(14-26)16-6-4-3-5-7-16;/h3-9,12,17,26H,10-11,13-14H2,1-2H3,(H2,21,22,24)(H,23,25,27);1H. The van der Waals surface area contributed by atoms with Crippen molar-refractivity contribution in [2.24, 2.45) is 4.99 Å². The summed E-state index contributed by atoms with van der Waals surface area (Å²) in [6, 6.07) is 13.5. The molecule has 2 rings (SSSR count). The van der Waals surface area contributed by atoms with Crippen LogP contribution in [0.3, 0.4) is 0 Å². The lowest BCUT2D eigenvalue weighted by atomic mass is 10.0. The Kier molecular flexibility index (Phi) is 11.1. The molecular formula is C20H28IN5O2. The van der Waals surface area contributed by atoms with Gasteiger partial charge in [-0.2, -0.15) is 0 Å². The third-order valence-electron chi connectivity index (χ3n) is 4.05. The number of hydrogen-bond acceptors (Lipinski definition) is 4. The van der Waals surface area contributed by atoms with Crippen molar-refractivity contribution in [1.82, 2.24) is 15.6 Å². The quantitative estimate of drug-likeness (QED) is 0.255. The summed E-state index contributed by atoms with van der Waals surface area (Å²) in [5.74, 6) is 0.986. The number of anilines is 1. The van der Waals surface area contributed by atoms with Crippen LogP contribution in [0.25, 0.3) is 0 Å². The van der Waals surface area contributed by atoms with Gasteiger partial charge in [0.05, 0.1) is 6.61 Å². The number of nitrogens with one attached hydrogen (secondary N) is 3. The van der Waals surface area contributed by atoms with Crippen molar-refractivity contribution in [2.75, 3.05) is 32.1 Å². The van der Waals surface area contributed by atoms with Crippen molar-refractivity contribution in [1.29, 1.82) is 0 Å². The number of rotatable bonds is 8. The molecule has 4 N–H and O–H groups in total. The van der Waals surface area contributed by atoms with Gasteiger partial charge in [0.1, 0.15) is 5.82 Å². The molecule has 1 atom stereocenters. The first-order valence-electron chi connectivity index (χ1n) is 8.95. The van der Waals surface area contributed by atoms with Crippen molar-refractivity contribution in [3.8, 4) is 0 Å². The molecule has 1 unspecified atom stereocenters. The summed E-state index contributed by atoms with van der Waals surface area (Å²) in [6.45, 7) is 2.96. The first-order valence-corrected chi connectivity index (χ1v) is 8.95. The third-order valence-corrected chi connectivity index (χ3v) is 4.05. The van der Waals surface area contributed by atoms with Crippen LogP contribution in [0.5, 0.6) is 0 Å². The van der Waals surface area contributed by atoms with Crippen molar-refractivity contribution in [3.63, 3.8) is 0 Å². The number of benzene rings is 1. The van der Waals surface area contributed by atoms with E-state index in [9.17, 15) is 9.90 Å². The number of aryl methyl sites for hydroxylation is 1. The summed E-state index contributed by atoms with van der Waals surface area (Å²) in [5, 5.41) is 18.7. The van der Waals surface area contributed by atoms with Gasteiger partial charge in [-0.15, -0.1) is 24.0 Å². The summed E-state index contributed by atoms with van der Waals surface area (Å²) in [6.07, 6.45) is 2.00. The highest BCUT2D eigenvalue weighted by atomic mass is 127. The Morgan fingerprint density at radius 3 is 2.54 bits per heavy atom. The second-order valence-electron chi connectivity index (χ2n) is 6.19. The van der Waals surface area contributed by atoms with Gasteiger partial charge < -0.3 is 21.1 Å². The Bertz CT molecular complexity index is 738. The topological polar surface area (TPSA) is 98.6 Å². The van der Waals surface area contributed by atoms with Crippen molar-refractivity contribution < 1.29 is 9.90 Å². The number of guanidine groups is 1. The van der Waals surface area contributed by atoms with Crippen LogP contribution in [0.1, 0.15) is 23.5 Å². The molecule has 1 amide bonds. The lowest BCUT2D eigenvalue weighted by Crippen LogP contribution is -2.41. The molecule has 8 heteroatoms. The fourth-order valence-corrected chi connectivity index (χ4v) is 2.50. The van der Waals surface area contributed by atoms with E-state index in [-0.39, 0.29) is 42.4 Å². The summed E-state index contributed by atoms with van der Waals surface area (Å²) in [5.41, 5.74) is 2.11. The molecule has 1 aromatic carbocycles. The third kappa shape index (κ3) is 8.22. The van der Waals surface area contributed by atoms with Gasteiger partial charge in [-0.3, -0.25) is 9.79 Å². The molecule has 0 spiro atoms. The molecule has 2 aromatic rings. The minimum atomic E-state index is -0.119. The minimum absolute atomic E-state index is 0. The van der Waals surface area contributed by atoms with Gasteiger partial charge in [-0.05, 0) is 24.1 Å². The van der Waals surface area contributed by atoms with E-state index in [0.717, 1.165) is 11.1 Å². The number of aliphatic hydroxyl groups is 1. The van der Waals surface area contributed by atoms with E-state index < -0.39 is 0 Å². The van der Waals surface area contributed by atoms with E-state index >= 15 is 0 Å². The summed E-state index contributed by atoms with van der Waals surface area (Å²) in [7, 11) is 1.67. The van der Waals surface area contributed by atoms with Gasteiger partial charge in [-0.25, -0.2) is 4.98 Å². The largest absolute Gasteiger partial charge is 0.396 e. The second kappa shape index (κ2) is 13.1. The number of nitrogens with zero attached hydrogens (tertiary/aromatic N) is 2. The van der Waals surface area contributed by atoms with Gasteiger partial charge in [0, 0.05) is 38.7 Å². The van der Waals surface area contributed by atoms with E-state index in [4.69, 9.17) is 0 Å². The maximum atomic E-state index is 12.0. The number of aromatic nitrogens is 1. The number of carbonyl (C=O) groups is 1. The molecule has 0 aliphatic heterocycles. The molecule has 0 saturated carbocycles. The average molecular weight is 497 g/mol. The normalized spacial score (nSPS) is 11.9. The summed E-state index contributed by atoms with van der Waals surface area (Å²) < 4.78 is 0. The predicted octanol–water partition coefficient (Wildman–Crippen LogP) is 2.28. The molecule has 28 heavy (non-hydrogen) atoms. The van der Waals surface area contributed by atoms with Crippen molar-refractivity contribution in [2.45, 2.75) is 19.3 Å².